The van der Waals surface area contributed by atoms with Crippen LogP contribution in [0.2, 0.25) is 0 Å². The topological polar surface area (TPSA) is 185 Å². The predicted octanol–water partition coefficient (Wildman–Crippen LogP) is -2.01. The summed E-state index contributed by atoms with van der Waals surface area (Å²) < 4.78 is 0. The Labute approximate surface area is 133 Å². The summed E-state index contributed by atoms with van der Waals surface area (Å²) in [6.45, 7) is 1.70. The van der Waals surface area contributed by atoms with Gasteiger partial charge < -0.3 is 32.3 Å². The van der Waals surface area contributed by atoms with Crippen LogP contribution in [-0.4, -0.2) is 58.6 Å². The third-order valence-electron chi connectivity index (χ3n) is 3.04. The summed E-state index contributed by atoms with van der Waals surface area (Å²) in [5.74, 6) is -3.92. The molecule has 3 atom stereocenters. The lowest BCUT2D eigenvalue weighted by molar-refractivity contribution is -0.142. The molecule has 0 rings (SSSR count). The molecule has 0 fully saturated rings. The SMILES string of the molecule is CC(NC(=O)C(CCCCN)NC(=O)C(N)CC(=O)O)C(=O)O. The molecule has 0 saturated heterocycles. The Hall–Kier alpha value is -2.20. The van der Waals surface area contributed by atoms with Crippen LogP contribution in [0.1, 0.15) is 32.6 Å². The van der Waals surface area contributed by atoms with Gasteiger partial charge in [0.1, 0.15) is 12.1 Å². The van der Waals surface area contributed by atoms with Crippen molar-refractivity contribution in [3.63, 3.8) is 0 Å². The van der Waals surface area contributed by atoms with Gasteiger partial charge in [-0.15, -0.1) is 0 Å². The molecule has 132 valence electrons. The minimum Gasteiger partial charge on any atom is -0.481 e. The molecular formula is C13H24N4O6. The van der Waals surface area contributed by atoms with Gasteiger partial charge in [-0.25, -0.2) is 0 Å². The molecule has 10 nitrogen and oxygen atoms in total. The van der Waals surface area contributed by atoms with E-state index in [9.17, 15) is 19.2 Å². The van der Waals surface area contributed by atoms with Crippen molar-refractivity contribution in [1.29, 1.82) is 0 Å². The zero-order valence-corrected chi connectivity index (χ0v) is 12.9. The lowest BCUT2D eigenvalue weighted by atomic mass is 10.1. The van der Waals surface area contributed by atoms with Crippen LogP contribution in [0, 0.1) is 0 Å². The number of hydrogen-bond donors (Lipinski definition) is 6. The van der Waals surface area contributed by atoms with Crippen LogP contribution < -0.4 is 22.1 Å². The van der Waals surface area contributed by atoms with Gasteiger partial charge in [0, 0.05) is 0 Å². The van der Waals surface area contributed by atoms with Crippen molar-refractivity contribution in [3.8, 4) is 0 Å². The Morgan fingerprint density at radius 3 is 2.13 bits per heavy atom. The molecule has 0 aliphatic rings. The normalized spacial score (nSPS) is 14.4. The Bertz CT molecular complexity index is 442. The Morgan fingerprint density at radius 2 is 1.65 bits per heavy atom. The number of unbranched alkanes of at least 4 members (excludes halogenated alkanes) is 1. The fourth-order valence-corrected chi connectivity index (χ4v) is 1.70. The van der Waals surface area contributed by atoms with E-state index >= 15 is 0 Å². The van der Waals surface area contributed by atoms with Crippen molar-refractivity contribution >= 4 is 23.8 Å². The average molecular weight is 332 g/mol. The summed E-state index contributed by atoms with van der Waals surface area (Å²) in [4.78, 5) is 45.2. The van der Waals surface area contributed by atoms with Crippen molar-refractivity contribution in [2.24, 2.45) is 11.5 Å². The van der Waals surface area contributed by atoms with Crippen molar-refractivity contribution in [1.82, 2.24) is 10.6 Å². The highest BCUT2D eigenvalue weighted by Gasteiger charge is 2.26. The number of hydrogen-bond acceptors (Lipinski definition) is 6. The Balaban J connectivity index is 4.78. The van der Waals surface area contributed by atoms with Gasteiger partial charge in [-0.1, -0.05) is 0 Å². The number of amides is 2. The molecule has 10 heteroatoms. The zero-order chi connectivity index (χ0) is 18.0. The van der Waals surface area contributed by atoms with Gasteiger partial charge in [-0.2, -0.15) is 0 Å². The summed E-state index contributed by atoms with van der Waals surface area (Å²) in [6, 6.07) is -3.42. The van der Waals surface area contributed by atoms with Crippen LogP contribution in [-0.2, 0) is 19.2 Å². The predicted molar refractivity (Wildman–Crippen MR) is 80.3 cm³/mol. The Kier molecular flexibility index (Phi) is 9.51. The van der Waals surface area contributed by atoms with Crippen molar-refractivity contribution in [2.75, 3.05) is 6.54 Å². The highest BCUT2D eigenvalue weighted by atomic mass is 16.4. The fraction of sp³-hybridized carbons (Fsp3) is 0.692. The van der Waals surface area contributed by atoms with Crippen LogP contribution in [0.15, 0.2) is 0 Å². The molecule has 3 unspecified atom stereocenters. The first-order chi connectivity index (χ1) is 10.7. The molecule has 0 radical (unpaired) electrons. The summed E-state index contributed by atoms with van der Waals surface area (Å²) in [5.41, 5.74) is 10.8. The molecule has 0 aromatic heterocycles. The minimum atomic E-state index is -1.30. The van der Waals surface area contributed by atoms with Crippen LogP contribution >= 0.6 is 0 Å². The highest BCUT2D eigenvalue weighted by molar-refractivity contribution is 5.92. The van der Waals surface area contributed by atoms with Crippen molar-refractivity contribution in [3.05, 3.63) is 0 Å². The second kappa shape index (κ2) is 10.5. The number of carboxylic acids is 2. The molecule has 0 saturated carbocycles. The quantitative estimate of drug-likeness (QED) is 0.234. The molecular weight excluding hydrogens is 308 g/mol. The van der Waals surface area contributed by atoms with E-state index in [4.69, 9.17) is 21.7 Å². The first-order valence-electron chi connectivity index (χ1n) is 7.20. The van der Waals surface area contributed by atoms with E-state index in [1.54, 1.807) is 0 Å². The number of carbonyl (C=O) groups is 4. The van der Waals surface area contributed by atoms with E-state index in [1.807, 2.05) is 0 Å². The van der Waals surface area contributed by atoms with Crippen LogP contribution in [0.4, 0.5) is 0 Å². The second-order valence-corrected chi connectivity index (χ2v) is 5.12. The van der Waals surface area contributed by atoms with Crippen molar-refractivity contribution in [2.45, 2.75) is 50.7 Å². The molecule has 23 heavy (non-hydrogen) atoms. The summed E-state index contributed by atoms with van der Waals surface area (Å²) in [7, 11) is 0. The Morgan fingerprint density at radius 1 is 1.04 bits per heavy atom. The van der Waals surface area contributed by atoms with E-state index in [0.717, 1.165) is 0 Å². The molecule has 0 bridgehead atoms. The molecule has 0 aromatic carbocycles. The molecule has 0 spiro atoms. The first-order valence-corrected chi connectivity index (χ1v) is 7.20. The van der Waals surface area contributed by atoms with Gasteiger partial charge >= 0.3 is 11.9 Å². The molecule has 8 N–H and O–H groups in total. The van der Waals surface area contributed by atoms with E-state index in [0.29, 0.717) is 19.4 Å². The number of rotatable bonds is 11. The third-order valence-corrected chi connectivity index (χ3v) is 3.04. The molecule has 0 aromatic rings. The maximum atomic E-state index is 12.1. The standard InChI is InChI=1S/C13H24N4O6/c1-7(13(22)23)16-12(21)9(4-2-3-5-14)17-11(20)8(15)6-10(18)19/h7-9H,2-6,14-15H2,1H3,(H,16,21)(H,17,20)(H,18,19)(H,22,23). The number of nitrogens with one attached hydrogen (secondary N) is 2. The molecule has 2 amide bonds. The number of carboxylic acid groups (broad SMARTS) is 2. The third kappa shape index (κ3) is 8.73. The first kappa shape index (κ1) is 20.8. The largest absolute Gasteiger partial charge is 0.481 e. The fourth-order valence-electron chi connectivity index (χ4n) is 1.70. The van der Waals surface area contributed by atoms with Gasteiger partial charge in [0.05, 0.1) is 12.5 Å². The number of carbonyl (C=O) groups excluding carboxylic acids is 2. The minimum absolute atomic E-state index is 0.237. The monoisotopic (exact) mass is 332 g/mol. The van der Waals surface area contributed by atoms with E-state index in [-0.39, 0.29) is 6.42 Å². The van der Waals surface area contributed by atoms with Gasteiger partial charge in [0.2, 0.25) is 11.8 Å². The van der Waals surface area contributed by atoms with Gasteiger partial charge in [0.25, 0.3) is 0 Å². The van der Waals surface area contributed by atoms with E-state index in [2.05, 4.69) is 10.6 Å². The maximum absolute atomic E-state index is 12.1. The lowest BCUT2D eigenvalue weighted by Crippen LogP contribution is -2.54. The van der Waals surface area contributed by atoms with E-state index < -0.39 is 48.3 Å². The van der Waals surface area contributed by atoms with Gasteiger partial charge in [-0.05, 0) is 32.7 Å². The molecule has 0 aliphatic carbocycles. The lowest BCUT2D eigenvalue weighted by Gasteiger charge is -2.21. The smallest absolute Gasteiger partial charge is 0.325 e. The molecule has 0 heterocycles. The number of aliphatic carboxylic acids is 2. The van der Waals surface area contributed by atoms with E-state index in [1.165, 1.54) is 6.92 Å². The molecule has 0 aliphatic heterocycles. The number of nitrogens with two attached hydrogens (primary N) is 2. The second-order valence-electron chi connectivity index (χ2n) is 5.12. The summed E-state index contributed by atoms with van der Waals surface area (Å²) >= 11 is 0. The maximum Gasteiger partial charge on any atom is 0.325 e. The summed E-state index contributed by atoms with van der Waals surface area (Å²) in [6.07, 6.45) is 0.815. The van der Waals surface area contributed by atoms with Crippen LogP contribution in [0.5, 0.6) is 0 Å². The van der Waals surface area contributed by atoms with Crippen molar-refractivity contribution < 1.29 is 29.4 Å². The van der Waals surface area contributed by atoms with Crippen LogP contribution in [0.3, 0.4) is 0 Å². The highest BCUT2D eigenvalue weighted by Crippen LogP contribution is 2.03. The van der Waals surface area contributed by atoms with Gasteiger partial charge in [0.15, 0.2) is 0 Å². The summed E-state index contributed by atoms with van der Waals surface area (Å²) in [5, 5.41) is 22.0. The van der Waals surface area contributed by atoms with Gasteiger partial charge in [-0.3, -0.25) is 19.2 Å². The average Bonchev–Trinajstić information content (AvgIpc) is 2.45. The van der Waals surface area contributed by atoms with Crippen LogP contribution in [0.25, 0.3) is 0 Å². The zero-order valence-electron chi connectivity index (χ0n) is 12.9.